The molecule has 136 valence electrons. The number of fused-ring (bicyclic) bond motifs is 1. The van der Waals surface area contributed by atoms with E-state index in [2.05, 4.69) is 70.4 Å². The summed E-state index contributed by atoms with van der Waals surface area (Å²) in [7, 11) is 0. The summed E-state index contributed by atoms with van der Waals surface area (Å²) in [5, 5.41) is 2.00. The monoisotopic (exact) mass is 422 g/mol. The first kappa shape index (κ1) is 16.5. The normalized spacial score (nSPS) is 21.2. The van der Waals surface area contributed by atoms with Gasteiger partial charge >= 0.3 is 0 Å². The van der Waals surface area contributed by atoms with Crippen molar-refractivity contribution in [2.45, 2.75) is 13.0 Å². The Hall–Kier alpha value is -2.66. The van der Waals surface area contributed by atoms with E-state index in [-0.39, 0.29) is 12.0 Å². The second-order valence-corrected chi connectivity index (χ2v) is 7.85. The molecule has 3 heterocycles. The van der Waals surface area contributed by atoms with Crippen LogP contribution in [0.2, 0.25) is 0 Å². The van der Waals surface area contributed by atoms with Gasteiger partial charge in [0.2, 0.25) is 0 Å². The van der Waals surface area contributed by atoms with Crippen LogP contribution in [-0.4, -0.2) is 6.54 Å². The lowest BCUT2D eigenvalue weighted by molar-refractivity contribution is 0.207. The van der Waals surface area contributed by atoms with E-state index in [1.165, 1.54) is 5.56 Å². The van der Waals surface area contributed by atoms with Crippen LogP contribution in [0.5, 0.6) is 0 Å². The molecule has 5 rings (SSSR count). The van der Waals surface area contributed by atoms with Crippen LogP contribution < -0.4 is 9.96 Å². The lowest BCUT2D eigenvalue weighted by Crippen LogP contribution is -2.29. The maximum Gasteiger partial charge on any atom is 0.156 e. The number of rotatable bonds is 3. The fourth-order valence-corrected chi connectivity index (χ4v) is 4.14. The van der Waals surface area contributed by atoms with Crippen LogP contribution in [0.25, 0.3) is 0 Å². The Bertz CT molecular complexity index is 982. The molecule has 0 spiro atoms. The van der Waals surface area contributed by atoms with Crippen molar-refractivity contribution in [1.82, 2.24) is 0 Å². The van der Waals surface area contributed by atoms with Crippen molar-refractivity contribution in [2.24, 2.45) is 5.92 Å². The summed E-state index contributed by atoms with van der Waals surface area (Å²) < 4.78 is 6.88. The molecule has 0 bridgehead atoms. The Morgan fingerprint density at radius 1 is 1.00 bits per heavy atom. The molecule has 2 aliphatic heterocycles. The van der Waals surface area contributed by atoms with Gasteiger partial charge in [-0.2, -0.15) is 5.06 Å². The van der Waals surface area contributed by atoms with Gasteiger partial charge in [0, 0.05) is 22.9 Å². The second-order valence-electron chi connectivity index (χ2n) is 6.93. The molecule has 5 heteroatoms. The van der Waals surface area contributed by atoms with Gasteiger partial charge in [0.1, 0.15) is 11.8 Å². The maximum atomic E-state index is 6.35. The van der Waals surface area contributed by atoms with Crippen LogP contribution in [0.1, 0.15) is 17.4 Å². The van der Waals surface area contributed by atoms with Crippen molar-refractivity contribution in [3.05, 3.63) is 94.7 Å². The summed E-state index contributed by atoms with van der Waals surface area (Å²) in [5.41, 5.74) is 3.41. The highest BCUT2D eigenvalue weighted by Gasteiger charge is 2.47. The molecule has 0 radical (unpaired) electrons. The summed E-state index contributed by atoms with van der Waals surface area (Å²) in [6, 6.07) is 20.6. The van der Waals surface area contributed by atoms with E-state index < -0.39 is 0 Å². The van der Waals surface area contributed by atoms with Crippen molar-refractivity contribution in [3.63, 3.8) is 0 Å². The molecule has 2 aromatic carbocycles. The average molecular weight is 423 g/mol. The lowest BCUT2D eigenvalue weighted by atomic mass is 9.97. The van der Waals surface area contributed by atoms with Crippen molar-refractivity contribution >= 4 is 27.3 Å². The first-order valence-electron chi connectivity index (χ1n) is 9.01. The van der Waals surface area contributed by atoms with Gasteiger partial charge in [-0.25, -0.2) is 0 Å². The Morgan fingerprint density at radius 2 is 1.81 bits per heavy atom. The van der Waals surface area contributed by atoms with Crippen LogP contribution in [0.15, 0.2) is 87.8 Å². The highest BCUT2D eigenvalue weighted by molar-refractivity contribution is 9.10. The number of para-hydroxylation sites is 1. The standard InChI is InChI=1S/C22H19BrN2O2/c1-15-5-2-3-6-19(15)25-22(20-7-4-12-26-20)18-13-24(14-21(18)27-25)17-10-8-16(23)9-11-17/h2-12,14,18,22H,13H2,1H3. The minimum absolute atomic E-state index is 0.00722. The topological polar surface area (TPSA) is 28.9 Å². The number of hydrogen-bond donors (Lipinski definition) is 0. The van der Waals surface area contributed by atoms with E-state index in [1.54, 1.807) is 6.26 Å². The Kier molecular flexibility index (Phi) is 3.97. The quantitative estimate of drug-likeness (QED) is 0.531. The number of anilines is 2. The van der Waals surface area contributed by atoms with Gasteiger partial charge in [-0.3, -0.25) is 0 Å². The van der Waals surface area contributed by atoms with Crippen LogP contribution in [-0.2, 0) is 4.84 Å². The molecule has 27 heavy (non-hydrogen) atoms. The Balaban J connectivity index is 1.52. The van der Waals surface area contributed by atoms with Crippen molar-refractivity contribution < 1.29 is 9.25 Å². The van der Waals surface area contributed by atoms with Gasteiger partial charge in [0.05, 0.1) is 17.9 Å². The Labute approximate surface area is 166 Å². The van der Waals surface area contributed by atoms with Crippen LogP contribution in [0, 0.1) is 12.8 Å². The molecule has 0 saturated carbocycles. The van der Waals surface area contributed by atoms with Crippen LogP contribution in [0.3, 0.4) is 0 Å². The molecule has 1 fully saturated rings. The zero-order valence-corrected chi connectivity index (χ0v) is 16.5. The summed E-state index contributed by atoms with van der Waals surface area (Å²) in [5.74, 6) is 2.10. The van der Waals surface area contributed by atoms with Gasteiger partial charge in [-0.15, -0.1) is 0 Å². The minimum atomic E-state index is 0.00722. The average Bonchev–Trinajstić information content (AvgIpc) is 3.38. The third-order valence-electron chi connectivity index (χ3n) is 5.23. The fourth-order valence-electron chi connectivity index (χ4n) is 3.88. The number of furan rings is 1. The first-order chi connectivity index (χ1) is 13.2. The van der Waals surface area contributed by atoms with Gasteiger partial charge in [0.15, 0.2) is 5.76 Å². The molecular formula is C22H19BrN2O2. The van der Waals surface area contributed by atoms with E-state index in [0.717, 1.165) is 33.9 Å². The molecule has 0 N–H and O–H groups in total. The van der Waals surface area contributed by atoms with E-state index in [9.17, 15) is 0 Å². The van der Waals surface area contributed by atoms with Gasteiger partial charge in [-0.1, -0.05) is 34.1 Å². The number of halogens is 1. The predicted octanol–water partition coefficient (Wildman–Crippen LogP) is 5.82. The zero-order chi connectivity index (χ0) is 18.4. The lowest BCUT2D eigenvalue weighted by Gasteiger charge is -2.28. The second kappa shape index (κ2) is 6.50. The molecule has 1 saturated heterocycles. The predicted molar refractivity (Wildman–Crippen MR) is 109 cm³/mol. The molecule has 0 amide bonds. The minimum Gasteiger partial charge on any atom is -0.467 e. The van der Waals surface area contributed by atoms with Gasteiger partial charge in [-0.05, 0) is 55.0 Å². The number of hydrogen-bond acceptors (Lipinski definition) is 4. The zero-order valence-electron chi connectivity index (χ0n) is 14.9. The van der Waals surface area contributed by atoms with Crippen molar-refractivity contribution in [2.75, 3.05) is 16.5 Å². The van der Waals surface area contributed by atoms with E-state index in [4.69, 9.17) is 9.25 Å². The third kappa shape index (κ3) is 2.82. The number of hydroxylamine groups is 1. The number of benzene rings is 2. The first-order valence-corrected chi connectivity index (χ1v) is 9.80. The largest absolute Gasteiger partial charge is 0.467 e. The highest BCUT2D eigenvalue weighted by atomic mass is 79.9. The Morgan fingerprint density at radius 3 is 2.56 bits per heavy atom. The number of nitrogens with zero attached hydrogens (tertiary/aromatic N) is 2. The van der Waals surface area contributed by atoms with Crippen molar-refractivity contribution in [1.29, 1.82) is 0 Å². The molecule has 3 aromatic rings. The molecule has 2 atom stereocenters. The molecule has 4 nitrogen and oxygen atoms in total. The summed E-state index contributed by atoms with van der Waals surface area (Å²) in [6.07, 6.45) is 3.84. The van der Waals surface area contributed by atoms with Gasteiger partial charge in [0.25, 0.3) is 0 Å². The third-order valence-corrected chi connectivity index (χ3v) is 5.75. The molecular weight excluding hydrogens is 404 g/mol. The highest BCUT2D eigenvalue weighted by Crippen LogP contribution is 2.48. The SMILES string of the molecule is Cc1ccccc1N1OC2=CN(c3ccc(Br)cc3)CC2C1c1ccco1. The van der Waals surface area contributed by atoms with Gasteiger partial charge < -0.3 is 14.2 Å². The fraction of sp³-hybridized carbons (Fsp3) is 0.182. The molecule has 2 aliphatic rings. The van der Waals surface area contributed by atoms with E-state index in [0.29, 0.717) is 0 Å². The molecule has 2 unspecified atom stereocenters. The summed E-state index contributed by atoms with van der Waals surface area (Å²) in [4.78, 5) is 8.60. The summed E-state index contributed by atoms with van der Waals surface area (Å²) >= 11 is 3.50. The molecule has 1 aromatic heterocycles. The number of aryl methyl sites for hydroxylation is 1. The maximum absolute atomic E-state index is 6.35. The molecule has 0 aliphatic carbocycles. The summed E-state index contributed by atoms with van der Waals surface area (Å²) in [6.45, 7) is 2.96. The van der Waals surface area contributed by atoms with E-state index in [1.807, 2.05) is 29.3 Å². The van der Waals surface area contributed by atoms with Crippen LogP contribution in [0.4, 0.5) is 11.4 Å². The smallest absolute Gasteiger partial charge is 0.156 e. The van der Waals surface area contributed by atoms with Crippen LogP contribution >= 0.6 is 15.9 Å². The van der Waals surface area contributed by atoms with Crippen molar-refractivity contribution in [3.8, 4) is 0 Å². The van der Waals surface area contributed by atoms with E-state index >= 15 is 0 Å².